The minimum Gasteiger partial charge on any atom is -0.352 e. The summed E-state index contributed by atoms with van der Waals surface area (Å²) in [5.41, 5.74) is -1.39. The van der Waals surface area contributed by atoms with E-state index in [9.17, 15) is 18.0 Å². The molecule has 1 aromatic carbocycles. The lowest BCUT2D eigenvalue weighted by atomic mass is 10.2. The number of amides is 1. The molecular weight excluding hydrogens is 313 g/mol. The van der Waals surface area contributed by atoms with Crippen molar-refractivity contribution in [1.29, 1.82) is 0 Å². The van der Waals surface area contributed by atoms with E-state index in [-0.39, 0.29) is 0 Å². The normalized spacial score (nSPS) is 19.6. The molecule has 1 atom stereocenters. The van der Waals surface area contributed by atoms with Crippen molar-refractivity contribution in [1.82, 2.24) is 5.32 Å². The van der Waals surface area contributed by atoms with Gasteiger partial charge in [-0.2, -0.15) is 13.2 Å². The van der Waals surface area contributed by atoms with Gasteiger partial charge in [-0.15, -0.1) is 11.8 Å². The SMILES string of the molecule is CSC1NC(C(F)(F)F)=CC(=O)N1c1ccc(Cl)cc1. The molecule has 0 spiro atoms. The number of benzene rings is 1. The van der Waals surface area contributed by atoms with E-state index in [1.807, 2.05) is 0 Å². The molecule has 1 N–H and O–H groups in total. The topological polar surface area (TPSA) is 32.3 Å². The number of anilines is 1. The van der Waals surface area contributed by atoms with Crippen molar-refractivity contribution in [2.24, 2.45) is 0 Å². The predicted octanol–water partition coefficient (Wildman–Crippen LogP) is 3.37. The molecule has 3 nitrogen and oxygen atoms in total. The van der Waals surface area contributed by atoms with Crippen LogP contribution < -0.4 is 10.2 Å². The van der Waals surface area contributed by atoms with Gasteiger partial charge in [-0.05, 0) is 30.5 Å². The number of carbonyl (C=O) groups is 1. The number of rotatable bonds is 2. The first-order chi connectivity index (χ1) is 9.32. The van der Waals surface area contributed by atoms with Gasteiger partial charge < -0.3 is 5.32 Å². The second-order valence-corrected chi connectivity index (χ2v) is 5.33. The van der Waals surface area contributed by atoms with Crippen LogP contribution in [0, 0.1) is 0 Å². The monoisotopic (exact) mass is 322 g/mol. The highest BCUT2D eigenvalue weighted by Gasteiger charge is 2.41. The van der Waals surface area contributed by atoms with Crippen LogP contribution in [-0.4, -0.2) is 23.8 Å². The second kappa shape index (κ2) is 5.57. The maximum atomic E-state index is 12.7. The average Bonchev–Trinajstić information content (AvgIpc) is 2.38. The summed E-state index contributed by atoms with van der Waals surface area (Å²) in [6.45, 7) is 0. The number of nitrogens with zero attached hydrogens (tertiary/aromatic N) is 1. The Balaban J connectivity index is 2.37. The van der Waals surface area contributed by atoms with Crippen molar-refractivity contribution < 1.29 is 18.0 Å². The van der Waals surface area contributed by atoms with E-state index in [1.54, 1.807) is 30.5 Å². The molecule has 1 heterocycles. The minimum atomic E-state index is -4.57. The lowest BCUT2D eigenvalue weighted by molar-refractivity contribution is -0.118. The maximum absolute atomic E-state index is 12.7. The standard InChI is InChI=1S/C12H10ClF3N2OS/c1-20-11-17-9(12(14,15)16)6-10(19)18(11)8-4-2-7(13)3-5-8/h2-6,11,17H,1H3. The van der Waals surface area contributed by atoms with Gasteiger partial charge in [0.15, 0.2) is 5.50 Å². The molecule has 108 valence electrons. The number of hydrogen-bond donors (Lipinski definition) is 1. The Morgan fingerprint density at radius 3 is 2.40 bits per heavy atom. The van der Waals surface area contributed by atoms with Gasteiger partial charge in [0.05, 0.1) is 0 Å². The maximum Gasteiger partial charge on any atom is 0.431 e. The van der Waals surface area contributed by atoms with Crippen molar-refractivity contribution in [3.05, 3.63) is 41.1 Å². The molecule has 0 saturated carbocycles. The van der Waals surface area contributed by atoms with Crippen molar-refractivity contribution in [3.8, 4) is 0 Å². The summed E-state index contributed by atoms with van der Waals surface area (Å²) in [5, 5.41) is 2.79. The summed E-state index contributed by atoms with van der Waals surface area (Å²) in [6, 6.07) is 6.31. The molecule has 2 rings (SSSR count). The van der Waals surface area contributed by atoms with E-state index in [2.05, 4.69) is 5.32 Å². The zero-order valence-electron chi connectivity index (χ0n) is 10.2. The fraction of sp³-hybridized carbons (Fsp3) is 0.250. The van der Waals surface area contributed by atoms with E-state index in [0.717, 1.165) is 11.8 Å². The number of carbonyl (C=O) groups excluding carboxylic acids is 1. The average molecular weight is 323 g/mol. The van der Waals surface area contributed by atoms with Crippen LogP contribution >= 0.6 is 23.4 Å². The third kappa shape index (κ3) is 3.04. The molecule has 1 unspecified atom stereocenters. The Morgan fingerprint density at radius 1 is 1.30 bits per heavy atom. The lowest BCUT2D eigenvalue weighted by Crippen LogP contribution is -2.52. The summed E-state index contributed by atoms with van der Waals surface area (Å²) in [7, 11) is 0. The van der Waals surface area contributed by atoms with E-state index in [1.165, 1.54) is 4.90 Å². The highest BCUT2D eigenvalue weighted by atomic mass is 35.5. The largest absolute Gasteiger partial charge is 0.431 e. The summed E-state index contributed by atoms with van der Waals surface area (Å²) < 4.78 is 38.0. The molecule has 1 aliphatic rings. The van der Waals surface area contributed by atoms with E-state index >= 15 is 0 Å². The van der Waals surface area contributed by atoms with Crippen LogP contribution in [0.25, 0.3) is 0 Å². The van der Waals surface area contributed by atoms with Gasteiger partial charge in [0.2, 0.25) is 0 Å². The van der Waals surface area contributed by atoms with Crippen LogP contribution in [-0.2, 0) is 4.79 Å². The zero-order chi connectivity index (χ0) is 14.9. The predicted molar refractivity (Wildman–Crippen MR) is 73.5 cm³/mol. The highest BCUT2D eigenvalue weighted by Crippen LogP contribution is 2.31. The second-order valence-electron chi connectivity index (χ2n) is 3.97. The Morgan fingerprint density at radius 2 is 1.90 bits per heavy atom. The van der Waals surface area contributed by atoms with Crippen LogP contribution in [0.4, 0.5) is 18.9 Å². The molecule has 1 aliphatic heterocycles. The molecule has 1 amide bonds. The first-order valence-corrected chi connectivity index (χ1v) is 7.16. The van der Waals surface area contributed by atoms with Gasteiger partial charge in [0.25, 0.3) is 5.91 Å². The van der Waals surface area contributed by atoms with Gasteiger partial charge in [-0.3, -0.25) is 9.69 Å². The van der Waals surface area contributed by atoms with Gasteiger partial charge in [0.1, 0.15) is 5.70 Å². The van der Waals surface area contributed by atoms with E-state index in [0.29, 0.717) is 16.8 Å². The fourth-order valence-corrected chi connectivity index (χ4v) is 2.55. The molecule has 20 heavy (non-hydrogen) atoms. The van der Waals surface area contributed by atoms with Crippen LogP contribution in [0.1, 0.15) is 0 Å². The summed E-state index contributed by atoms with van der Waals surface area (Å²) in [6.07, 6.45) is -2.40. The first-order valence-electron chi connectivity index (χ1n) is 5.50. The van der Waals surface area contributed by atoms with Crippen LogP contribution in [0.2, 0.25) is 5.02 Å². The molecular formula is C12H10ClF3N2OS. The Bertz CT molecular complexity index is 545. The Labute approximate surface area is 122 Å². The fourth-order valence-electron chi connectivity index (χ4n) is 1.74. The van der Waals surface area contributed by atoms with Crippen molar-refractivity contribution >= 4 is 35.0 Å². The number of alkyl halides is 3. The minimum absolute atomic E-state index is 0.476. The van der Waals surface area contributed by atoms with Crippen LogP contribution in [0.3, 0.4) is 0 Å². The number of thioether (sulfide) groups is 1. The summed E-state index contributed by atoms with van der Waals surface area (Å²) in [5.74, 6) is -0.724. The van der Waals surface area contributed by atoms with Crippen LogP contribution in [0.15, 0.2) is 36.0 Å². The number of hydrogen-bond acceptors (Lipinski definition) is 3. The summed E-state index contributed by atoms with van der Waals surface area (Å²) in [4.78, 5) is 13.2. The molecule has 0 saturated heterocycles. The smallest absolute Gasteiger partial charge is 0.352 e. The number of nitrogens with one attached hydrogen (secondary N) is 1. The quantitative estimate of drug-likeness (QED) is 0.906. The molecule has 8 heteroatoms. The number of allylic oxidation sites excluding steroid dienone is 1. The molecule has 0 fully saturated rings. The van der Waals surface area contributed by atoms with Gasteiger partial charge >= 0.3 is 6.18 Å². The molecule has 0 radical (unpaired) electrons. The first kappa shape index (κ1) is 15.1. The third-order valence-corrected chi connectivity index (χ3v) is 3.68. The molecule has 0 aromatic heterocycles. The van der Waals surface area contributed by atoms with Gasteiger partial charge in [-0.1, -0.05) is 11.6 Å². The summed E-state index contributed by atoms with van der Waals surface area (Å²) >= 11 is 6.85. The van der Waals surface area contributed by atoms with E-state index < -0.39 is 23.3 Å². The molecule has 0 aliphatic carbocycles. The molecule has 1 aromatic rings. The van der Waals surface area contributed by atoms with Crippen molar-refractivity contribution in [3.63, 3.8) is 0 Å². The van der Waals surface area contributed by atoms with Gasteiger partial charge in [0, 0.05) is 16.8 Å². The van der Waals surface area contributed by atoms with Crippen molar-refractivity contribution in [2.45, 2.75) is 11.7 Å². The van der Waals surface area contributed by atoms with Crippen LogP contribution in [0.5, 0.6) is 0 Å². The number of halogens is 4. The lowest BCUT2D eigenvalue weighted by Gasteiger charge is -2.35. The third-order valence-electron chi connectivity index (χ3n) is 2.65. The van der Waals surface area contributed by atoms with E-state index in [4.69, 9.17) is 11.6 Å². The highest BCUT2D eigenvalue weighted by molar-refractivity contribution is 7.99. The Kier molecular flexibility index (Phi) is 4.19. The van der Waals surface area contributed by atoms with Crippen molar-refractivity contribution in [2.75, 3.05) is 11.2 Å². The molecule has 0 bridgehead atoms. The Hall–Kier alpha value is -1.34. The van der Waals surface area contributed by atoms with Gasteiger partial charge in [-0.25, -0.2) is 0 Å². The zero-order valence-corrected chi connectivity index (χ0v) is 11.8.